The molecule has 26 heavy (non-hydrogen) atoms. The molecule has 2 atom stereocenters. The van der Waals surface area contributed by atoms with Crippen molar-refractivity contribution in [3.8, 4) is 0 Å². The van der Waals surface area contributed by atoms with Crippen LogP contribution in [-0.4, -0.2) is 22.2 Å². The predicted molar refractivity (Wildman–Crippen MR) is 103 cm³/mol. The van der Waals surface area contributed by atoms with Crippen molar-refractivity contribution in [2.75, 3.05) is 0 Å². The van der Waals surface area contributed by atoms with Crippen LogP contribution in [0.4, 0.5) is 0 Å². The quantitative estimate of drug-likeness (QED) is 0.704. The summed E-state index contributed by atoms with van der Waals surface area (Å²) in [4.78, 5) is 21.9. The number of hydrogen-bond donors (Lipinski definition) is 2. The predicted octanol–water partition coefficient (Wildman–Crippen LogP) is 4.79. The molecule has 0 fully saturated rings. The zero-order valence-corrected chi connectivity index (χ0v) is 14.8. The number of carbonyl (C=O) groups is 2. The minimum absolute atomic E-state index is 0.514. The third kappa shape index (κ3) is 5.18. The van der Waals surface area contributed by atoms with Gasteiger partial charge in [-0.25, -0.2) is 0 Å². The van der Waals surface area contributed by atoms with Gasteiger partial charge in [-0.05, 0) is 36.1 Å². The Morgan fingerprint density at radius 3 is 1.27 bits per heavy atom. The Bertz CT molecular complexity index is 743. The van der Waals surface area contributed by atoms with Gasteiger partial charge in [0, 0.05) is 0 Å². The van der Waals surface area contributed by atoms with E-state index in [1.807, 2.05) is 72.8 Å². The molecule has 4 nitrogen and oxygen atoms in total. The van der Waals surface area contributed by atoms with Crippen molar-refractivity contribution in [3.63, 3.8) is 0 Å². The van der Waals surface area contributed by atoms with Crippen molar-refractivity contribution < 1.29 is 19.8 Å². The van der Waals surface area contributed by atoms with E-state index in [2.05, 4.69) is 0 Å². The minimum Gasteiger partial charge on any atom is -0.481 e. The Balaban J connectivity index is 1.97. The SMILES string of the molecule is CC(C(=O)O)c1ccc(C=CC=Cc2ccc(C(C)C(=O)O)cc2)cc1. The first kappa shape index (κ1) is 19.2. The fraction of sp³-hybridized carbons (Fsp3) is 0.182. The number of rotatable bonds is 7. The van der Waals surface area contributed by atoms with E-state index in [1.54, 1.807) is 13.8 Å². The number of carboxylic acid groups (broad SMARTS) is 2. The second kappa shape index (κ2) is 8.81. The molecule has 0 aromatic heterocycles. The van der Waals surface area contributed by atoms with E-state index in [4.69, 9.17) is 10.2 Å². The minimum atomic E-state index is -0.833. The summed E-state index contributed by atoms with van der Waals surface area (Å²) >= 11 is 0. The van der Waals surface area contributed by atoms with Gasteiger partial charge in [0.25, 0.3) is 0 Å². The van der Waals surface area contributed by atoms with E-state index in [0.717, 1.165) is 22.3 Å². The monoisotopic (exact) mass is 350 g/mol. The standard InChI is InChI=1S/C22H22O4/c1-15(21(23)24)19-11-7-17(8-12-19)5-3-4-6-18-9-13-20(14-10-18)16(2)22(25)26/h3-16H,1-2H3,(H,23,24)(H,25,26). The van der Waals surface area contributed by atoms with Crippen LogP contribution in [0, 0.1) is 0 Å². The van der Waals surface area contributed by atoms with Crippen LogP contribution in [0.3, 0.4) is 0 Å². The largest absolute Gasteiger partial charge is 0.481 e. The zero-order chi connectivity index (χ0) is 19.1. The lowest BCUT2D eigenvalue weighted by Crippen LogP contribution is -2.06. The van der Waals surface area contributed by atoms with Crippen molar-refractivity contribution >= 4 is 24.1 Å². The van der Waals surface area contributed by atoms with Gasteiger partial charge < -0.3 is 10.2 Å². The maximum atomic E-state index is 11.0. The summed E-state index contributed by atoms with van der Waals surface area (Å²) in [6.07, 6.45) is 7.69. The second-order valence-corrected chi connectivity index (χ2v) is 6.17. The first-order valence-electron chi connectivity index (χ1n) is 8.38. The molecule has 134 valence electrons. The van der Waals surface area contributed by atoms with Crippen molar-refractivity contribution in [1.82, 2.24) is 0 Å². The molecular formula is C22H22O4. The molecule has 0 spiro atoms. The summed E-state index contributed by atoms with van der Waals surface area (Å²) in [5, 5.41) is 18.0. The van der Waals surface area contributed by atoms with Gasteiger partial charge in [-0.3, -0.25) is 9.59 Å². The Labute approximate surface area is 153 Å². The van der Waals surface area contributed by atoms with E-state index in [9.17, 15) is 9.59 Å². The molecule has 0 heterocycles. The average Bonchev–Trinajstić information content (AvgIpc) is 2.65. The number of allylic oxidation sites excluding steroid dienone is 2. The highest BCUT2D eigenvalue weighted by atomic mass is 16.4. The van der Waals surface area contributed by atoms with Crippen molar-refractivity contribution in [2.45, 2.75) is 25.7 Å². The normalized spacial score (nSPS) is 13.8. The average molecular weight is 350 g/mol. The summed E-state index contributed by atoms with van der Waals surface area (Å²) in [5.41, 5.74) is 3.53. The lowest BCUT2D eigenvalue weighted by Gasteiger charge is -2.06. The van der Waals surface area contributed by atoms with E-state index in [-0.39, 0.29) is 0 Å². The lowest BCUT2D eigenvalue weighted by atomic mass is 10.00. The van der Waals surface area contributed by atoms with E-state index in [0.29, 0.717) is 0 Å². The van der Waals surface area contributed by atoms with E-state index in [1.165, 1.54) is 0 Å². The Hall–Kier alpha value is -3.14. The first-order chi connectivity index (χ1) is 12.4. The topological polar surface area (TPSA) is 74.6 Å². The zero-order valence-electron chi connectivity index (χ0n) is 14.8. The molecule has 0 bridgehead atoms. The summed E-state index contributed by atoms with van der Waals surface area (Å²) in [6, 6.07) is 14.9. The van der Waals surface area contributed by atoms with Gasteiger partial charge in [0.2, 0.25) is 0 Å². The number of carboxylic acids is 2. The van der Waals surface area contributed by atoms with Crippen LogP contribution in [0.15, 0.2) is 60.7 Å². The molecule has 0 radical (unpaired) electrons. The maximum Gasteiger partial charge on any atom is 0.310 e. The molecule has 0 aliphatic carbocycles. The molecule has 2 N–H and O–H groups in total. The molecule has 0 aliphatic rings. The highest BCUT2D eigenvalue weighted by Crippen LogP contribution is 2.18. The molecule has 0 amide bonds. The van der Waals surface area contributed by atoms with Gasteiger partial charge in [-0.15, -0.1) is 0 Å². The van der Waals surface area contributed by atoms with Crippen LogP contribution in [0.25, 0.3) is 12.2 Å². The van der Waals surface area contributed by atoms with Gasteiger partial charge in [0.1, 0.15) is 0 Å². The van der Waals surface area contributed by atoms with Gasteiger partial charge in [0.05, 0.1) is 11.8 Å². The smallest absolute Gasteiger partial charge is 0.310 e. The Kier molecular flexibility index (Phi) is 6.50. The molecule has 0 aliphatic heterocycles. The fourth-order valence-corrected chi connectivity index (χ4v) is 2.41. The van der Waals surface area contributed by atoms with Gasteiger partial charge in [-0.2, -0.15) is 0 Å². The van der Waals surface area contributed by atoms with Gasteiger partial charge in [-0.1, -0.05) is 72.8 Å². The summed E-state index contributed by atoms with van der Waals surface area (Å²) < 4.78 is 0. The van der Waals surface area contributed by atoms with Crippen LogP contribution in [0.1, 0.15) is 47.9 Å². The molecular weight excluding hydrogens is 328 g/mol. The summed E-state index contributed by atoms with van der Waals surface area (Å²) in [7, 11) is 0. The third-order valence-corrected chi connectivity index (χ3v) is 4.30. The summed E-state index contributed by atoms with van der Waals surface area (Å²) in [5.74, 6) is -2.69. The van der Waals surface area contributed by atoms with Crippen LogP contribution in [-0.2, 0) is 9.59 Å². The third-order valence-electron chi connectivity index (χ3n) is 4.30. The second-order valence-electron chi connectivity index (χ2n) is 6.17. The number of aliphatic carboxylic acids is 2. The van der Waals surface area contributed by atoms with Gasteiger partial charge in [0.15, 0.2) is 0 Å². The molecule has 2 aromatic rings. The molecule has 2 unspecified atom stereocenters. The first-order valence-corrected chi connectivity index (χ1v) is 8.38. The molecule has 2 aromatic carbocycles. The molecule has 2 rings (SSSR count). The maximum absolute atomic E-state index is 11.0. The molecule has 0 saturated carbocycles. The van der Waals surface area contributed by atoms with E-state index >= 15 is 0 Å². The van der Waals surface area contributed by atoms with Crippen LogP contribution in [0.5, 0.6) is 0 Å². The molecule has 0 saturated heterocycles. The van der Waals surface area contributed by atoms with Crippen molar-refractivity contribution in [2.24, 2.45) is 0 Å². The summed E-state index contributed by atoms with van der Waals surface area (Å²) in [6.45, 7) is 3.33. The van der Waals surface area contributed by atoms with Crippen molar-refractivity contribution in [3.05, 3.63) is 82.9 Å². The fourth-order valence-electron chi connectivity index (χ4n) is 2.41. The van der Waals surface area contributed by atoms with Crippen LogP contribution >= 0.6 is 0 Å². The lowest BCUT2D eigenvalue weighted by molar-refractivity contribution is -0.139. The van der Waals surface area contributed by atoms with Crippen LogP contribution in [0.2, 0.25) is 0 Å². The van der Waals surface area contributed by atoms with E-state index < -0.39 is 23.8 Å². The van der Waals surface area contributed by atoms with Crippen molar-refractivity contribution in [1.29, 1.82) is 0 Å². The Morgan fingerprint density at radius 2 is 1.00 bits per heavy atom. The number of hydrogen-bond acceptors (Lipinski definition) is 2. The highest BCUT2D eigenvalue weighted by Gasteiger charge is 2.13. The Morgan fingerprint density at radius 1 is 0.692 bits per heavy atom. The molecule has 4 heteroatoms. The number of benzene rings is 2. The van der Waals surface area contributed by atoms with Crippen LogP contribution < -0.4 is 0 Å². The highest BCUT2D eigenvalue weighted by molar-refractivity contribution is 5.76. The van der Waals surface area contributed by atoms with Gasteiger partial charge >= 0.3 is 11.9 Å².